The normalized spacial score (nSPS) is 12.5. The highest BCUT2D eigenvalue weighted by Gasteiger charge is 2.20. The summed E-state index contributed by atoms with van der Waals surface area (Å²) in [7, 11) is -1.31. The van der Waals surface area contributed by atoms with Crippen LogP contribution in [-0.4, -0.2) is 10.5 Å². The largest absolute Gasteiger partial charge is 0.255 e. The summed E-state index contributed by atoms with van der Waals surface area (Å²) < 4.78 is 11.7. The maximum absolute atomic E-state index is 11.7. The highest BCUT2D eigenvalue weighted by molar-refractivity contribution is 7.84. The van der Waals surface area contributed by atoms with Gasteiger partial charge in [0.2, 0.25) is 0 Å². The van der Waals surface area contributed by atoms with Gasteiger partial charge in [0.25, 0.3) is 0 Å². The van der Waals surface area contributed by atoms with Crippen LogP contribution in [0, 0.1) is 0 Å². The molecule has 0 aliphatic carbocycles. The van der Waals surface area contributed by atoms with E-state index in [2.05, 4.69) is 0 Å². The summed E-state index contributed by atoms with van der Waals surface area (Å²) in [5.41, 5.74) is 0.974. The van der Waals surface area contributed by atoms with E-state index in [4.69, 9.17) is 58.0 Å². The van der Waals surface area contributed by atoms with Crippen LogP contribution in [0.2, 0.25) is 25.1 Å². The van der Waals surface area contributed by atoms with Crippen LogP contribution in [0.15, 0.2) is 29.2 Å². The molecule has 0 N–H and O–H groups in total. The van der Waals surface area contributed by atoms with Crippen LogP contribution in [0.3, 0.4) is 0 Å². The standard InChI is InChI=1S/C13H7Cl5OS/c1-20(19)10-5-9(16)12(17)11(13(10)18)7-4-6(14)2-3-8(7)15/h2-5H,1H3. The van der Waals surface area contributed by atoms with Gasteiger partial charge in [-0.25, -0.2) is 0 Å². The second kappa shape index (κ2) is 6.43. The van der Waals surface area contributed by atoms with E-state index in [9.17, 15) is 4.21 Å². The second-order valence-corrected chi connectivity index (χ2v) is 7.29. The lowest BCUT2D eigenvalue weighted by Crippen LogP contribution is -1.94. The van der Waals surface area contributed by atoms with Crippen molar-refractivity contribution >= 4 is 68.8 Å². The van der Waals surface area contributed by atoms with E-state index in [1.165, 1.54) is 12.3 Å². The molecule has 0 saturated carbocycles. The molecule has 1 atom stereocenters. The minimum Gasteiger partial charge on any atom is -0.255 e. The van der Waals surface area contributed by atoms with Gasteiger partial charge in [-0.2, -0.15) is 0 Å². The van der Waals surface area contributed by atoms with Gasteiger partial charge in [0.15, 0.2) is 0 Å². The number of rotatable bonds is 2. The molecule has 106 valence electrons. The van der Waals surface area contributed by atoms with E-state index in [0.29, 0.717) is 26.1 Å². The Kier molecular flexibility index (Phi) is 5.28. The quantitative estimate of drug-likeness (QED) is 0.547. The van der Waals surface area contributed by atoms with Crippen molar-refractivity contribution in [2.24, 2.45) is 0 Å². The van der Waals surface area contributed by atoms with Crippen molar-refractivity contribution in [1.82, 2.24) is 0 Å². The Hall–Kier alpha value is 0.0400. The maximum Gasteiger partial charge on any atom is 0.0687 e. The van der Waals surface area contributed by atoms with E-state index in [0.717, 1.165) is 0 Å². The fourth-order valence-electron chi connectivity index (χ4n) is 1.72. The zero-order valence-electron chi connectivity index (χ0n) is 10.0. The van der Waals surface area contributed by atoms with Crippen LogP contribution >= 0.6 is 58.0 Å². The zero-order chi connectivity index (χ0) is 15.0. The summed E-state index contributed by atoms with van der Waals surface area (Å²) in [5.74, 6) is 0. The first-order chi connectivity index (χ1) is 9.32. The average molecular weight is 389 g/mol. The second-order valence-electron chi connectivity index (χ2n) is 3.94. The Morgan fingerprint density at radius 2 is 1.55 bits per heavy atom. The number of benzene rings is 2. The van der Waals surface area contributed by atoms with E-state index < -0.39 is 10.8 Å². The molecule has 0 fully saturated rings. The first-order valence-corrected chi connectivity index (χ1v) is 8.74. The average Bonchev–Trinajstić information content (AvgIpc) is 2.37. The van der Waals surface area contributed by atoms with E-state index in [1.807, 2.05) is 0 Å². The molecule has 0 aromatic heterocycles. The van der Waals surface area contributed by atoms with Crippen LogP contribution in [0.4, 0.5) is 0 Å². The van der Waals surface area contributed by atoms with Crippen molar-refractivity contribution in [3.63, 3.8) is 0 Å². The molecule has 0 heterocycles. The molecule has 0 aliphatic rings. The van der Waals surface area contributed by atoms with Crippen molar-refractivity contribution in [3.05, 3.63) is 49.4 Å². The maximum atomic E-state index is 11.7. The molecule has 0 aliphatic heterocycles. The summed E-state index contributed by atoms with van der Waals surface area (Å²) in [6, 6.07) is 6.41. The monoisotopic (exact) mass is 386 g/mol. The summed E-state index contributed by atoms with van der Waals surface area (Å²) in [4.78, 5) is 0.395. The van der Waals surface area contributed by atoms with Gasteiger partial charge in [0.05, 0.1) is 30.8 Å². The summed E-state index contributed by atoms with van der Waals surface area (Å²) in [6.45, 7) is 0. The van der Waals surface area contributed by atoms with Crippen LogP contribution < -0.4 is 0 Å². The lowest BCUT2D eigenvalue weighted by Gasteiger charge is -2.14. The van der Waals surface area contributed by atoms with Crippen LogP contribution in [0.25, 0.3) is 11.1 Å². The first-order valence-electron chi connectivity index (χ1n) is 5.29. The lowest BCUT2D eigenvalue weighted by atomic mass is 10.1. The predicted molar refractivity (Wildman–Crippen MR) is 89.3 cm³/mol. The zero-order valence-corrected chi connectivity index (χ0v) is 14.6. The fourth-order valence-corrected chi connectivity index (χ4v) is 3.88. The summed E-state index contributed by atoms with van der Waals surface area (Å²) in [5, 5.41) is 1.66. The number of hydrogen-bond acceptors (Lipinski definition) is 1. The molecule has 0 spiro atoms. The molecule has 0 saturated heterocycles. The molecule has 0 amide bonds. The Labute approximate surface area is 144 Å². The molecule has 20 heavy (non-hydrogen) atoms. The van der Waals surface area contributed by atoms with Gasteiger partial charge in [0, 0.05) is 27.4 Å². The van der Waals surface area contributed by atoms with Gasteiger partial charge in [-0.15, -0.1) is 0 Å². The van der Waals surface area contributed by atoms with Gasteiger partial charge in [-0.05, 0) is 24.3 Å². The van der Waals surface area contributed by atoms with Gasteiger partial charge >= 0.3 is 0 Å². The third-order valence-electron chi connectivity index (χ3n) is 2.63. The number of hydrogen-bond donors (Lipinski definition) is 0. The molecular weight excluding hydrogens is 381 g/mol. The van der Waals surface area contributed by atoms with Crippen LogP contribution in [-0.2, 0) is 10.8 Å². The summed E-state index contributed by atoms with van der Waals surface area (Å²) in [6.07, 6.45) is 1.51. The van der Waals surface area contributed by atoms with Crippen molar-refractivity contribution in [2.45, 2.75) is 4.90 Å². The highest BCUT2D eigenvalue weighted by Crippen LogP contribution is 2.45. The molecule has 1 unspecified atom stereocenters. The molecule has 7 heteroatoms. The van der Waals surface area contributed by atoms with Crippen molar-refractivity contribution in [3.8, 4) is 11.1 Å². The summed E-state index contributed by atoms with van der Waals surface area (Å²) >= 11 is 30.7. The smallest absolute Gasteiger partial charge is 0.0687 e. The van der Waals surface area contributed by atoms with Crippen molar-refractivity contribution in [2.75, 3.05) is 6.26 Å². The molecule has 1 nitrogen and oxygen atoms in total. The first kappa shape index (κ1) is 16.4. The van der Waals surface area contributed by atoms with Crippen LogP contribution in [0.1, 0.15) is 0 Å². The molecule has 0 radical (unpaired) electrons. The predicted octanol–water partition coefficient (Wildman–Crippen LogP) is 6.36. The Morgan fingerprint density at radius 1 is 0.900 bits per heavy atom. The van der Waals surface area contributed by atoms with Gasteiger partial charge < -0.3 is 0 Å². The van der Waals surface area contributed by atoms with Gasteiger partial charge in [0.1, 0.15) is 0 Å². The van der Waals surface area contributed by atoms with Gasteiger partial charge in [-0.1, -0.05) is 58.0 Å². The lowest BCUT2D eigenvalue weighted by molar-refractivity contribution is 0.687. The van der Waals surface area contributed by atoms with E-state index in [1.54, 1.807) is 18.2 Å². The van der Waals surface area contributed by atoms with E-state index >= 15 is 0 Å². The molecule has 2 rings (SSSR count). The molecule has 2 aromatic rings. The third-order valence-corrected chi connectivity index (χ3v) is 5.43. The molecule has 0 bridgehead atoms. The van der Waals surface area contributed by atoms with Crippen molar-refractivity contribution in [1.29, 1.82) is 0 Å². The van der Waals surface area contributed by atoms with Crippen LogP contribution in [0.5, 0.6) is 0 Å². The van der Waals surface area contributed by atoms with E-state index in [-0.39, 0.29) is 15.1 Å². The Bertz CT molecular complexity index is 714. The minimum absolute atomic E-state index is 0.245. The topological polar surface area (TPSA) is 17.1 Å². The molecule has 2 aromatic carbocycles. The Morgan fingerprint density at radius 3 is 2.15 bits per heavy atom. The van der Waals surface area contributed by atoms with Gasteiger partial charge in [-0.3, -0.25) is 4.21 Å². The third kappa shape index (κ3) is 3.11. The SMILES string of the molecule is CS(=O)c1cc(Cl)c(Cl)c(-c2cc(Cl)ccc2Cl)c1Cl. The fraction of sp³-hybridized carbons (Fsp3) is 0.0769. The highest BCUT2D eigenvalue weighted by atomic mass is 35.5. The van der Waals surface area contributed by atoms with Crippen molar-refractivity contribution < 1.29 is 4.21 Å². The Balaban J connectivity index is 2.86. The minimum atomic E-state index is -1.31. The molecular formula is C13H7Cl5OS. The number of halogens is 5.